The Kier molecular flexibility index (Phi) is 6.31. The molecule has 0 unspecified atom stereocenters. The summed E-state index contributed by atoms with van der Waals surface area (Å²) in [4.78, 5) is 12.0. The molecule has 0 aliphatic carbocycles. The van der Waals surface area contributed by atoms with Crippen LogP contribution in [0.3, 0.4) is 0 Å². The van der Waals surface area contributed by atoms with Gasteiger partial charge in [-0.2, -0.15) is 0 Å². The van der Waals surface area contributed by atoms with E-state index in [1.807, 2.05) is 36.4 Å². The minimum absolute atomic E-state index is 0.120. The second-order valence-corrected chi connectivity index (χ2v) is 7.86. The molecule has 0 bridgehead atoms. The van der Waals surface area contributed by atoms with Gasteiger partial charge in [-0.3, -0.25) is 10.1 Å². The second-order valence-electron chi connectivity index (χ2n) is 5.06. The molecule has 0 saturated heterocycles. The lowest BCUT2D eigenvalue weighted by molar-refractivity contribution is -0.113. The number of rotatable bonds is 6. The Balaban J connectivity index is 1.50. The van der Waals surface area contributed by atoms with Crippen molar-refractivity contribution in [2.45, 2.75) is 5.75 Å². The van der Waals surface area contributed by atoms with Crippen LogP contribution >= 0.6 is 46.3 Å². The SMILES string of the molecule is O=C(CSCc1ccc(Cl)cc1Cl)Nc1nnc(-c2ccccc2)s1. The fourth-order valence-corrected chi connectivity index (χ4v) is 4.17. The highest BCUT2D eigenvalue weighted by Gasteiger charge is 2.10. The molecule has 4 nitrogen and oxygen atoms in total. The van der Waals surface area contributed by atoms with Crippen LogP contribution in [-0.4, -0.2) is 21.9 Å². The molecule has 0 atom stereocenters. The summed E-state index contributed by atoms with van der Waals surface area (Å²) in [5, 5.41) is 13.4. The summed E-state index contributed by atoms with van der Waals surface area (Å²) in [5.41, 5.74) is 1.93. The van der Waals surface area contributed by atoms with Gasteiger partial charge < -0.3 is 0 Å². The highest BCUT2D eigenvalue weighted by atomic mass is 35.5. The first-order valence-electron chi connectivity index (χ1n) is 7.32. The third-order valence-electron chi connectivity index (χ3n) is 3.20. The number of hydrogen-bond acceptors (Lipinski definition) is 5. The Morgan fingerprint density at radius 2 is 1.92 bits per heavy atom. The molecule has 0 aliphatic rings. The number of nitrogens with zero attached hydrogens (tertiary/aromatic N) is 2. The van der Waals surface area contributed by atoms with E-state index >= 15 is 0 Å². The maximum absolute atomic E-state index is 12.0. The number of carbonyl (C=O) groups is 1. The molecule has 0 radical (unpaired) electrons. The Bertz CT molecular complexity index is 871. The summed E-state index contributed by atoms with van der Waals surface area (Å²) in [6.07, 6.45) is 0. The Morgan fingerprint density at radius 3 is 2.68 bits per heavy atom. The number of nitrogens with one attached hydrogen (secondary N) is 1. The monoisotopic (exact) mass is 409 g/mol. The van der Waals surface area contributed by atoms with E-state index in [0.29, 0.717) is 26.7 Å². The van der Waals surface area contributed by atoms with Gasteiger partial charge in [-0.1, -0.05) is 70.9 Å². The molecule has 128 valence electrons. The van der Waals surface area contributed by atoms with Crippen molar-refractivity contribution in [3.8, 4) is 10.6 Å². The summed E-state index contributed by atoms with van der Waals surface area (Å²) in [6, 6.07) is 15.1. The van der Waals surface area contributed by atoms with Crippen LogP contribution in [0.1, 0.15) is 5.56 Å². The van der Waals surface area contributed by atoms with Crippen molar-refractivity contribution in [2.24, 2.45) is 0 Å². The van der Waals surface area contributed by atoms with Crippen LogP contribution in [0.5, 0.6) is 0 Å². The zero-order valence-electron chi connectivity index (χ0n) is 12.9. The van der Waals surface area contributed by atoms with Crippen LogP contribution < -0.4 is 5.32 Å². The number of anilines is 1. The minimum atomic E-state index is -0.120. The van der Waals surface area contributed by atoms with Crippen molar-refractivity contribution in [2.75, 3.05) is 11.1 Å². The van der Waals surface area contributed by atoms with Crippen molar-refractivity contribution in [3.05, 3.63) is 64.1 Å². The molecule has 3 aromatic rings. The van der Waals surface area contributed by atoms with Crippen LogP contribution in [0.15, 0.2) is 48.5 Å². The molecular weight excluding hydrogens is 397 g/mol. The molecule has 0 fully saturated rings. The molecule has 25 heavy (non-hydrogen) atoms. The summed E-state index contributed by atoms with van der Waals surface area (Å²) in [7, 11) is 0. The van der Waals surface area contributed by atoms with E-state index in [2.05, 4.69) is 15.5 Å². The number of halogens is 2. The third kappa shape index (κ3) is 5.19. The van der Waals surface area contributed by atoms with Crippen molar-refractivity contribution >= 4 is 57.3 Å². The van der Waals surface area contributed by atoms with Gasteiger partial charge in [-0.25, -0.2) is 0 Å². The molecule has 3 rings (SSSR count). The lowest BCUT2D eigenvalue weighted by Gasteiger charge is -2.04. The smallest absolute Gasteiger partial charge is 0.236 e. The van der Waals surface area contributed by atoms with Crippen molar-refractivity contribution < 1.29 is 4.79 Å². The van der Waals surface area contributed by atoms with E-state index < -0.39 is 0 Å². The molecule has 0 spiro atoms. The largest absolute Gasteiger partial charge is 0.300 e. The average molecular weight is 410 g/mol. The van der Waals surface area contributed by atoms with Gasteiger partial charge in [0.2, 0.25) is 11.0 Å². The quantitative estimate of drug-likeness (QED) is 0.593. The van der Waals surface area contributed by atoms with Gasteiger partial charge in [0, 0.05) is 21.4 Å². The number of carbonyl (C=O) groups excluding carboxylic acids is 1. The molecule has 1 amide bonds. The van der Waals surface area contributed by atoms with E-state index in [-0.39, 0.29) is 5.91 Å². The molecular formula is C17H13Cl2N3OS2. The molecule has 8 heteroatoms. The number of benzene rings is 2. The van der Waals surface area contributed by atoms with Crippen LogP contribution in [0.25, 0.3) is 10.6 Å². The topological polar surface area (TPSA) is 54.9 Å². The second kappa shape index (κ2) is 8.67. The van der Waals surface area contributed by atoms with E-state index in [0.717, 1.165) is 16.1 Å². The van der Waals surface area contributed by atoms with E-state index in [4.69, 9.17) is 23.2 Å². The number of thioether (sulfide) groups is 1. The van der Waals surface area contributed by atoms with Crippen LogP contribution in [0.2, 0.25) is 10.0 Å². The summed E-state index contributed by atoms with van der Waals surface area (Å²) in [5.74, 6) is 0.819. The Morgan fingerprint density at radius 1 is 1.12 bits per heavy atom. The highest BCUT2D eigenvalue weighted by Crippen LogP contribution is 2.27. The lowest BCUT2D eigenvalue weighted by Crippen LogP contribution is -2.14. The van der Waals surface area contributed by atoms with Gasteiger partial charge in [0.05, 0.1) is 5.75 Å². The first kappa shape index (κ1) is 18.2. The van der Waals surface area contributed by atoms with E-state index in [9.17, 15) is 4.79 Å². The molecule has 2 aromatic carbocycles. The summed E-state index contributed by atoms with van der Waals surface area (Å²) < 4.78 is 0. The average Bonchev–Trinajstić information content (AvgIpc) is 3.06. The number of aromatic nitrogens is 2. The Hall–Kier alpha value is -1.60. The van der Waals surface area contributed by atoms with Crippen molar-refractivity contribution in [1.29, 1.82) is 0 Å². The standard InChI is InChI=1S/C17H13Cl2N3OS2/c18-13-7-6-12(14(19)8-13)9-24-10-15(23)20-17-22-21-16(25-17)11-4-2-1-3-5-11/h1-8H,9-10H2,(H,20,22,23). The van der Waals surface area contributed by atoms with E-state index in [1.165, 1.54) is 23.1 Å². The maximum Gasteiger partial charge on any atom is 0.236 e. The zero-order chi connectivity index (χ0) is 17.6. The lowest BCUT2D eigenvalue weighted by atomic mass is 10.2. The van der Waals surface area contributed by atoms with Gasteiger partial charge in [-0.05, 0) is 17.7 Å². The normalized spacial score (nSPS) is 10.6. The van der Waals surface area contributed by atoms with Gasteiger partial charge >= 0.3 is 0 Å². The van der Waals surface area contributed by atoms with E-state index in [1.54, 1.807) is 12.1 Å². The van der Waals surface area contributed by atoms with Gasteiger partial charge in [0.1, 0.15) is 5.01 Å². The summed E-state index contributed by atoms with van der Waals surface area (Å²) in [6.45, 7) is 0. The zero-order valence-corrected chi connectivity index (χ0v) is 16.1. The maximum atomic E-state index is 12.0. The number of amides is 1. The van der Waals surface area contributed by atoms with Crippen LogP contribution in [0.4, 0.5) is 5.13 Å². The fourth-order valence-electron chi connectivity index (χ4n) is 2.02. The molecule has 0 saturated carbocycles. The predicted octanol–water partition coefficient (Wildman–Crippen LogP) is 5.38. The van der Waals surface area contributed by atoms with Crippen molar-refractivity contribution in [3.63, 3.8) is 0 Å². The molecule has 1 aromatic heterocycles. The highest BCUT2D eigenvalue weighted by molar-refractivity contribution is 7.99. The van der Waals surface area contributed by atoms with Crippen molar-refractivity contribution in [1.82, 2.24) is 10.2 Å². The Labute approximate surface area is 163 Å². The molecule has 0 aliphatic heterocycles. The molecule has 1 heterocycles. The van der Waals surface area contributed by atoms with Crippen LogP contribution in [-0.2, 0) is 10.5 Å². The van der Waals surface area contributed by atoms with Gasteiger partial charge in [0.15, 0.2) is 0 Å². The van der Waals surface area contributed by atoms with Crippen LogP contribution in [0, 0.1) is 0 Å². The minimum Gasteiger partial charge on any atom is -0.300 e. The molecule has 1 N–H and O–H groups in total. The number of hydrogen-bond donors (Lipinski definition) is 1. The first-order valence-corrected chi connectivity index (χ1v) is 10.0. The predicted molar refractivity (Wildman–Crippen MR) is 107 cm³/mol. The summed E-state index contributed by atoms with van der Waals surface area (Å²) >= 11 is 14.8. The third-order valence-corrected chi connectivity index (χ3v) is 5.65. The first-order chi connectivity index (χ1) is 12.1. The fraction of sp³-hybridized carbons (Fsp3) is 0.118. The van der Waals surface area contributed by atoms with Gasteiger partial charge in [-0.15, -0.1) is 22.0 Å². The van der Waals surface area contributed by atoms with Gasteiger partial charge in [0.25, 0.3) is 0 Å².